The zero-order valence-corrected chi connectivity index (χ0v) is 25.8. The molecule has 0 spiro atoms. The highest BCUT2D eigenvalue weighted by Crippen LogP contribution is 2.51. The van der Waals surface area contributed by atoms with Crippen molar-refractivity contribution in [2.75, 3.05) is 21.3 Å². The SMILES string of the molecule is CCCCCCCCCCC(CCCCCCCC)(c1cccc2c1Cc1ccccc1-2)C(OC)(OC)OC. The minimum absolute atomic E-state index is 0.383. The van der Waals surface area contributed by atoms with E-state index in [-0.39, 0.29) is 5.41 Å². The molecule has 0 N–H and O–H groups in total. The highest BCUT2D eigenvalue weighted by Gasteiger charge is 2.55. The monoisotopic (exact) mass is 536 g/mol. The molecular weight excluding hydrogens is 480 g/mol. The second kappa shape index (κ2) is 16.6. The van der Waals surface area contributed by atoms with E-state index in [2.05, 4.69) is 56.3 Å². The van der Waals surface area contributed by atoms with Crippen molar-refractivity contribution >= 4 is 0 Å². The molecule has 0 radical (unpaired) electrons. The van der Waals surface area contributed by atoms with Gasteiger partial charge < -0.3 is 14.2 Å². The number of hydrogen-bond acceptors (Lipinski definition) is 3. The van der Waals surface area contributed by atoms with Crippen LogP contribution in [0.2, 0.25) is 0 Å². The normalized spacial score (nSPS) is 14.3. The molecule has 0 saturated heterocycles. The summed E-state index contributed by atoms with van der Waals surface area (Å²) in [7, 11) is 5.28. The van der Waals surface area contributed by atoms with E-state index in [1.165, 1.54) is 105 Å². The molecule has 0 fully saturated rings. The van der Waals surface area contributed by atoms with Gasteiger partial charge in [-0.25, -0.2) is 0 Å². The molecule has 39 heavy (non-hydrogen) atoms. The minimum atomic E-state index is -1.12. The minimum Gasteiger partial charge on any atom is -0.330 e. The lowest BCUT2D eigenvalue weighted by Gasteiger charge is -2.48. The van der Waals surface area contributed by atoms with Gasteiger partial charge in [-0.1, -0.05) is 146 Å². The van der Waals surface area contributed by atoms with Gasteiger partial charge in [0, 0.05) is 21.3 Å². The van der Waals surface area contributed by atoms with Crippen molar-refractivity contribution in [1.82, 2.24) is 0 Å². The molecule has 1 aliphatic rings. The molecule has 0 bridgehead atoms. The summed E-state index contributed by atoms with van der Waals surface area (Å²) < 4.78 is 18.8. The molecular formula is C36H56O3. The summed E-state index contributed by atoms with van der Waals surface area (Å²) in [5.41, 5.74) is 6.55. The summed E-state index contributed by atoms with van der Waals surface area (Å²) in [5.74, 6) is -1.12. The van der Waals surface area contributed by atoms with Crippen LogP contribution >= 0.6 is 0 Å². The average Bonchev–Trinajstić information content (AvgIpc) is 3.36. The lowest BCUT2D eigenvalue weighted by atomic mass is 9.68. The molecule has 0 saturated carbocycles. The van der Waals surface area contributed by atoms with Gasteiger partial charge in [-0.3, -0.25) is 0 Å². The number of rotatable bonds is 21. The van der Waals surface area contributed by atoms with Gasteiger partial charge in [-0.15, -0.1) is 0 Å². The second-order valence-corrected chi connectivity index (χ2v) is 11.7. The Morgan fingerprint density at radius 2 is 1.05 bits per heavy atom. The lowest BCUT2D eigenvalue weighted by molar-refractivity contribution is -0.390. The van der Waals surface area contributed by atoms with E-state index in [1.54, 1.807) is 21.3 Å². The summed E-state index contributed by atoms with van der Waals surface area (Å²) in [6, 6.07) is 15.8. The van der Waals surface area contributed by atoms with E-state index in [0.717, 1.165) is 32.1 Å². The number of ether oxygens (including phenoxy) is 3. The summed E-state index contributed by atoms with van der Waals surface area (Å²) in [5, 5.41) is 0. The van der Waals surface area contributed by atoms with Gasteiger partial charge in [0.2, 0.25) is 0 Å². The van der Waals surface area contributed by atoms with E-state index in [9.17, 15) is 0 Å². The fourth-order valence-corrected chi connectivity index (χ4v) is 7.07. The molecule has 0 amide bonds. The fraction of sp³-hybridized carbons (Fsp3) is 0.667. The van der Waals surface area contributed by atoms with E-state index in [0.29, 0.717) is 0 Å². The fourth-order valence-electron chi connectivity index (χ4n) is 7.07. The maximum absolute atomic E-state index is 6.27. The largest absolute Gasteiger partial charge is 0.330 e. The van der Waals surface area contributed by atoms with Gasteiger partial charge in [-0.2, -0.15) is 0 Å². The molecule has 218 valence electrons. The molecule has 1 aliphatic carbocycles. The van der Waals surface area contributed by atoms with Gasteiger partial charge >= 0.3 is 0 Å². The summed E-state index contributed by atoms with van der Waals surface area (Å²) in [6.07, 6.45) is 21.0. The van der Waals surface area contributed by atoms with E-state index in [4.69, 9.17) is 14.2 Å². The van der Waals surface area contributed by atoms with Crippen LogP contribution in [0, 0.1) is 0 Å². The summed E-state index contributed by atoms with van der Waals surface area (Å²) in [6.45, 7) is 4.57. The third-order valence-electron chi connectivity index (χ3n) is 9.17. The van der Waals surface area contributed by atoms with Crippen LogP contribution < -0.4 is 0 Å². The van der Waals surface area contributed by atoms with Crippen LogP contribution in [0.3, 0.4) is 0 Å². The third-order valence-corrected chi connectivity index (χ3v) is 9.17. The van der Waals surface area contributed by atoms with Gasteiger partial charge in [-0.05, 0) is 47.1 Å². The zero-order valence-electron chi connectivity index (χ0n) is 25.8. The van der Waals surface area contributed by atoms with Crippen LogP contribution in [-0.4, -0.2) is 27.3 Å². The van der Waals surface area contributed by atoms with Crippen molar-refractivity contribution in [2.24, 2.45) is 0 Å². The molecule has 3 rings (SSSR count). The first-order chi connectivity index (χ1) is 19.1. The Balaban J connectivity index is 1.94. The smallest absolute Gasteiger partial charge is 0.292 e. The highest BCUT2D eigenvalue weighted by molar-refractivity contribution is 5.78. The molecule has 3 heteroatoms. The Bertz CT molecular complexity index is 955. The number of benzene rings is 2. The molecule has 3 nitrogen and oxygen atoms in total. The molecule has 1 unspecified atom stereocenters. The van der Waals surface area contributed by atoms with Crippen LogP contribution in [0.15, 0.2) is 42.5 Å². The van der Waals surface area contributed by atoms with Crippen molar-refractivity contribution in [3.8, 4) is 11.1 Å². The van der Waals surface area contributed by atoms with Gasteiger partial charge in [0.15, 0.2) is 0 Å². The number of hydrogen-bond donors (Lipinski definition) is 0. The van der Waals surface area contributed by atoms with Crippen LogP contribution in [0.5, 0.6) is 0 Å². The molecule has 1 atom stereocenters. The van der Waals surface area contributed by atoms with Crippen molar-refractivity contribution in [2.45, 2.75) is 134 Å². The second-order valence-electron chi connectivity index (χ2n) is 11.7. The Morgan fingerprint density at radius 3 is 1.59 bits per heavy atom. The van der Waals surface area contributed by atoms with Crippen LogP contribution in [0.25, 0.3) is 11.1 Å². The molecule has 0 aliphatic heterocycles. The van der Waals surface area contributed by atoms with Crippen LogP contribution in [0.4, 0.5) is 0 Å². The maximum atomic E-state index is 6.27. The van der Waals surface area contributed by atoms with E-state index < -0.39 is 5.97 Å². The molecule has 2 aromatic rings. The Labute approximate surface area is 240 Å². The quantitative estimate of drug-likeness (QED) is 0.100. The Morgan fingerprint density at radius 1 is 0.564 bits per heavy atom. The first-order valence-corrected chi connectivity index (χ1v) is 16.0. The van der Waals surface area contributed by atoms with Gasteiger partial charge in [0.25, 0.3) is 5.97 Å². The van der Waals surface area contributed by atoms with Crippen molar-refractivity contribution < 1.29 is 14.2 Å². The standard InChI is InChI=1S/C36H56O3/c1-6-8-10-12-14-15-17-21-28-35(36(37-3,38-4)39-5,27-20-16-13-11-9-7-2)34-26-22-25-32-31-24-19-18-23-30(31)29-33(32)34/h18-19,22-26H,6-17,20-21,27-29H2,1-5H3. The average molecular weight is 537 g/mol. The molecule has 0 aromatic heterocycles. The first kappa shape index (κ1) is 31.8. The lowest BCUT2D eigenvalue weighted by Crippen LogP contribution is -2.56. The number of unbranched alkanes of at least 4 members (excludes halogenated alkanes) is 12. The molecule has 2 aromatic carbocycles. The van der Waals surface area contributed by atoms with Crippen molar-refractivity contribution in [3.63, 3.8) is 0 Å². The highest BCUT2D eigenvalue weighted by atomic mass is 16.9. The van der Waals surface area contributed by atoms with Crippen LogP contribution in [0.1, 0.15) is 133 Å². The number of fused-ring (bicyclic) bond motifs is 3. The Kier molecular flexibility index (Phi) is 13.5. The topological polar surface area (TPSA) is 27.7 Å². The molecule has 0 heterocycles. The zero-order chi connectivity index (χ0) is 28.0. The van der Waals surface area contributed by atoms with Crippen LogP contribution in [-0.2, 0) is 26.0 Å². The van der Waals surface area contributed by atoms with Crippen molar-refractivity contribution in [3.05, 3.63) is 59.2 Å². The number of methoxy groups -OCH3 is 3. The first-order valence-electron chi connectivity index (χ1n) is 16.0. The predicted molar refractivity (Wildman–Crippen MR) is 165 cm³/mol. The third kappa shape index (κ3) is 7.54. The van der Waals surface area contributed by atoms with Gasteiger partial charge in [0.05, 0.1) is 5.41 Å². The Hall–Kier alpha value is -1.68. The predicted octanol–water partition coefficient (Wildman–Crippen LogP) is 10.4. The summed E-state index contributed by atoms with van der Waals surface area (Å²) in [4.78, 5) is 0. The van der Waals surface area contributed by atoms with E-state index >= 15 is 0 Å². The van der Waals surface area contributed by atoms with Crippen molar-refractivity contribution in [1.29, 1.82) is 0 Å². The maximum Gasteiger partial charge on any atom is 0.292 e. The van der Waals surface area contributed by atoms with E-state index in [1.807, 2.05) is 0 Å². The summed E-state index contributed by atoms with van der Waals surface area (Å²) >= 11 is 0. The van der Waals surface area contributed by atoms with Gasteiger partial charge in [0.1, 0.15) is 0 Å².